The summed E-state index contributed by atoms with van der Waals surface area (Å²) < 4.78 is 11.8. The number of amides is 1. The first kappa shape index (κ1) is 20.2. The Labute approximate surface area is 164 Å². The molecule has 0 saturated carbocycles. The second-order valence-electron chi connectivity index (χ2n) is 7.90. The van der Waals surface area contributed by atoms with Gasteiger partial charge >= 0.3 is 0 Å². The lowest BCUT2D eigenvalue weighted by Crippen LogP contribution is -2.37. The number of nitrogens with zero attached hydrogens (tertiary/aromatic N) is 1. The summed E-state index contributed by atoms with van der Waals surface area (Å²) in [4.78, 5) is 14.9. The second kappa shape index (κ2) is 11.3. The van der Waals surface area contributed by atoms with Crippen LogP contribution in [0.15, 0.2) is 24.3 Å². The van der Waals surface area contributed by atoms with Crippen molar-refractivity contribution in [2.45, 2.75) is 76.7 Å². The number of hydrogen-bond acceptors (Lipinski definition) is 3. The largest absolute Gasteiger partial charge is 0.493 e. The lowest BCUT2D eigenvalue weighted by molar-refractivity contribution is -0.135. The molecule has 0 bridgehead atoms. The average molecular weight is 374 g/mol. The van der Waals surface area contributed by atoms with Crippen LogP contribution >= 0.6 is 0 Å². The maximum Gasteiger partial charge on any atom is 0.225 e. The Kier molecular flexibility index (Phi) is 8.47. The highest BCUT2D eigenvalue weighted by atomic mass is 16.5. The molecule has 0 N–H and O–H groups in total. The van der Waals surface area contributed by atoms with Crippen molar-refractivity contribution in [3.05, 3.63) is 29.8 Å². The number of aryl methyl sites for hydroxylation is 1. The molecule has 1 saturated heterocycles. The molecule has 1 amide bonds. The van der Waals surface area contributed by atoms with Crippen molar-refractivity contribution in [3.8, 4) is 5.75 Å². The zero-order valence-corrected chi connectivity index (χ0v) is 16.7. The van der Waals surface area contributed by atoms with Gasteiger partial charge in [-0.05, 0) is 56.6 Å². The zero-order chi connectivity index (χ0) is 18.7. The highest BCUT2D eigenvalue weighted by Gasteiger charge is 2.21. The number of rotatable bonds is 2. The summed E-state index contributed by atoms with van der Waals surface area (Å²) in [5.41, 5.74) is 1.32. The summed E-state index contributed by atoms with van der Waals surface area (Å²) >= 11 is 0. The highest BCUT2D eigenvalue weighted by Crippen LogP contribution is 2.22. The van der Waals surface area contributed by atoms with Crippen molar-refractivity contribution in [2.75, 3.05) is 26.3 Å². The van der Waals surface area contributed by atoms with E-state index in [1.807, 2.05) is 6.07 Å². The molecule has 1 unspecified atom stereocenters. The zero-order valence-electron chi connectivity index (χ0n) is 16.7. The van der Waals surface area contributed by atoms with Crippen molar-refractivity contribution < 1.29 is 14.3 Å². The Morgan fingerprint density at radius 3 is 2.63 bits per heavy atom. The molecule has 0 radical (unpaired) electrons. The van der Waals surface area contributed by atoms with Crippen LogP contribution in [0.3, 0.4) is 0 Å². The first-order valence-corrected chi connectivity index (χ1v) is 10.9. The molecule has 1 atom stereocenters. The van der Waals surface area contributed by atoms with Gasteiger partial charge in [-0.15, -0.1) is 0 Å². The topological polar surface area (TPSA) is 38.8 Å². The fraction of sp³-hybridized carbons (Fsp3) is 0.696. The van der Waals surface area contributed by atoms with Crippen molar-refractivity contribution in [3.63, 3.8) is 0 Å². The molecule has 1 aromatic carbocycles. The minimum absolute atomic E-state index is 0.127. The van der Waals surface area contributed by atoms with Gasteiger partial charge in [0.1, 0.15) is 5.75 Å². The predicted octanol–water partition coefficient (Wildman–Crippen LogP) is 4.75. The van der Waals surface area contributed by atoms with E-state index in [-0.39, 0.29) is 12.0 Å². The smallest absolute Gasteiger partial charge is 0.225 e. The van der Waals surface area contributed by atoms with E-state index in [4.69, 9.17) is 9.47 Å². The van der Waals surface area contributed by atoms with Crippen LogP contribution < -0.4 is 4.74 Å². The first-order valence-electron chi connectivity index (χ1n) is 10.9. The van der Waals surface area contributed by atoms with Crippen molar-refractivity contribution in [1.29, 1.82) is 0 Å². The number of fused-ring (bicyclic) bond motifs is 1. The molecule has 2 heterocycles. The molecule has 150 valence electrons. The predicted molar refractivity (Wildman–Crippen MR) is 108 cm³/mol. The average Bonchev–Trinajstić information content (AvgIpc) is 2.70. The van der Waals surface area contributed by atoms with Gasteiger partial charge in [0, 0.05) is 19.7 Å². The molecule has 1 aromatic rings. The second-order valence-corrected chi connectivity index (χ2v) is 7.90. The summed E-state index contributed by atoms with van der Waals surface area (Å²) in [5.74, 6) is 1.28. The van der Waals surface area contributed by atoms with E-state index < -0.39 is 0 Å². The molecule has 0 aromatic heterocycles. The summed E-state index contributed by atoms with van der Waals surface area (Å²) in [6, 6.07) is 8.40. The summed E-state index contributed by atoms with van der Waals surface area (Å²) in [6.45, 7) is 3.14. The van der Waals surface area contributed by atoms with Crippen molar-refractivity contribution in [1.82, 2.24) is 4.90 Å². The lowest BCUT2D eigenvalue weighted by Gasteiger charge is -2.27. The number of carbonyl (C=O) groups is 1. The van der Waals surface area contributed by atoms with Crippen molar-refractivity contribution >= 4 is 5.91 Å². The monoisotopic (exact) mass is 373 g/mol. The molecule has 2 aliphatic rings. The maximum absolute atomic E-state index is 12.8. The first-order chi connectivity index (χ1) is 13.3. The number of benzene rings is 1. The van der Waals surface area contributed by atoms with Gasteiger partial charge in [-0.25, -0.2) is 0 Å². The molecule has 1 fully saturated rings. The number of para-hydroxylation sites is 1. The van der Waals surface area contributed by atoms with E-state index in [0.29, 0.717) is 13.0 Å². The third-order valence-corrected chi connectivity index (χ3v) is 5.71. The highest BCUT2D eigenvalue weighted by molar-refractivity contribution is 5.76. The minimum Gasteiger partial charge on any atom is -0.493 e. The van der Waals surface area contributed by atoms with Crippen LogP contribution in [0.2, 0.25) is 0 Å². The molecular weight excluding hydrogens is 338 g/mol. The third-order valence-electron chi connectivity index (χ3n) is 5.71. The van der Waals surface area contributed by atoms with Crippen LogP contribution in [-0.2, 0) is 16.0 Å². The third kappa shape index (κ3) is 6.84. The maximum atomic E-state index is 12.8. The summed E-state index contributed by atoms with van der Waals surface area (Å²) in [7, 11) is 0. The van der Waals surface area contributed by atoms with E-state index in [9.17, 15) is 4.79 Å². The number of carbonyl (C=O) groups excluding carboxylic acids is 1. The van der Waals surface area contributed by atoms with Crippen molar-refractivity contribution in [2.24, 2.45) is 0 Å². The molecule has 0 spiro atoms. The standard InChI is InChI=1S/C23H35NO3/c25-23(19-21-13-7-9-17-26-21)24-15-8-3-1-2-4-11-20-12-5-6-14-22(20)27-18-10-16-24/h5-6,12,14,21H,1-4,7-11,13,15-19H2. The van der Waals surface area contributed by atoms with Gasteiger partial charge in [-0.3, -0.25) is 4.79 Å². The fourth-order valence-corrected chi connectivity index (χ4v) is 4.09. The van der Waals surface area contributed by atoms with Gasteiger partial charge < -0.3 is 14.4 Å². The van der Waals surface area contributed by atoms with Crippen LogP contribution in [0.1, 0.15) is 69.8 Å². The van der Waals surface area contributed by atoms with E-state index >= 15 is 0 Å². The van der Waals surface area contributed by atoms with Gasteiger partial charge in [0.15, 0.2) is 0 Å². The Morgan fingerprint density at radius 1 is 0.926 bits per heavy atom. The molecule has 3 rings (SSSR count). The quantitative estimate of drug-likeness (QED) is 0.751. The molecule has 4 nitrogen and oxygen atoms in total. The van der Waals surface area contributed by atoms with Crippen LogP contribution in [0.5, 0.6) is 5.75 Å². The lowest BCUT2D eigenvalue weighted by atomic mass is 10.0. The van der Waals surface area contributed by atoms with Gasteiger partial charge in [0.05, 0.1) is 19.1 Å². The van der Waals surface area contributed by atoms with Gasteiger partial charge in [0.25, 0.3) is 0 Å². The Bertz CT molecular complexity index is 568. The van der Waals surface area contributed by atoms with Crippen LogP contribution in [-0.4, -0.2) is 43.2 Å². The minimum atomic E-state index is 0.127. The SMILES string of the molecule is O=C(CC1CCCCO1)N1CCCCCCCc2ccccc2OCCC1. The molecule has 4 heteroatoms. The summed E-state index contributed by atoms with van der Waals surface area (Å²) in [6.07, 6.45) is 12.0. The Hall–Kier alpha value is -1.55. The van der Waals surface area contributed by atoms with Gasteiger partial charge in [-0.1, -0.05) is 37.5 Å². The van der Waals surface area contributed by atoms with Gasteiger partial charge in [0.2, 0.25) is 5.91 Å². The van der Waals surface area contributed by atoms with E-state index in [2.05, 4.69) is 23.1 Å². The van der Waals surface area contributed by atoms with E-state index in [1.165, 1.54) is 37.7 Å². The summed E-state index contributed by atoms with van der Waals surface area (Å²) in [5, 5.41) is 0. The Morgan fingerprint density at radius 2 is 1.74 bits per heavy atom. The molecular formula is C23H35NO3. The normalized spacial score (nSPS) is 23.0. The molecule has 27 heavy (non-hydrogen) atoms. The van der Waals surface area contributed by atoms with E-state index in [1.54, 1.807) is 0 Å². The molecule has 2 aliphatic heterocycles. The van der Waals surface area contributed by atoms with Crippen LogP contribution in [0.4, 0.5) is 0 Å². The van der Waals surface area contributed by atoms with E-state index in [0.717, 1.165) is 57.6 Å². The fourth-order valence-electron chi connectivity index (χ4n) is 4.09. The van der Waals surface area contributed by atoms with Crippen LogP contribution in [0.25, 0.3) is 0 Å². The molecule has 0 aliphatic carbocycles. The number of hydrogen-bond donors (Lipinski definition) is 0. The number of ether oxygens (including phenoxy) is 2. The Balaban J connectivity index is 1.54. The van der Waals surface area contributed by atoms with Crippen LogP contribution in [0, 0.1) is 0 Å². The van der Waals surface area contributed by atoms with Gasteiger partial charge in [-0.2, -0.15) is 0 Å².